The molecule has 0 saturated carbocycles. The van der Waals surface area contributed by atoms with Gasteiger partial charge in [0.15, 0.2) is 11.5 Å². The maximum Gasteiger partial charge on any atom is 0.387 e. The molecule has 0 aliphatic rings. The first-order valence-electron chi connectivity index (χ1n) is 8.49. The number of methoxy groups -OCH3 is 1. The first-order chi connectivity index (χ1) is 13.4. The van der Waals surface area contributed by atoms with Gasteiger partial charge in [0.2, 0.25) is 10.0 Å². The summed E-state index contributed by atoms with van der Waals surface area (Å²) in [5.74, 6) is -0.690. The fourth-order valence-corrected chi connectivity index (χ4v) is 3.81. The normalized spacial score (nSPS) is 12.0. The summed E-state index contributed by atoms with van der Waals surface area (Å²) in [6.07, 6.45) is 0. The highest BCUT2D eigenvalue weighted by Gasteiger charge is 2.22. The van der Waals surface area contributed by atoms with Crippen LogP contribution < -0.4 is 19.5 Å². The average molecular weight is 428 g/mol. The maximum atomic E-state index is 12.5. The van der Waals surface area contributed by atoms with Crippen molar-refractivity contribution in [2.45, 2.75) is 37.8 Å². The monoisotopic (exact) mass is 428 g/mol. The Morgan fingerprint density at radius 1 is 1.03 bits per heavy atom. The summed E-state index contributed by atoms with van der Waals surface area (Å²) in [6, 6.07) is 9.36. The van der Waals surface area contributed by atoms with Crippen molar-refractivity contribution in [2.75, 3.05) is 12.4 Å². The number of halogens is 2. The second-order valence-corrected chi connectivity index (χ2v) is 8.76. The van der Waals surface area contributed by atoms with Gasteiger partial charge >= 0.3 is 6.61 Å². The van der Waals surface area contributed by atoms with Crippen LogP contribution in [-0.4, -0.2) is 33.6 Å². The van der Waals surface area contributed by atoms with E-state index in [0.29, 0.717) is 0 Å². The molecule has 10 heteroatoms. The van der Waals surface area contributed by atoms with Gasteiger partial charge in [0.05, 0.1) is 12.0 Å². The van der Waals surface area contributed by atoms with Crippen LogP contribution in [-0.2, 0) is 10.0 Å². The molecule has 0 aliphatic heterocycles. The molecule has 2 aromatic rings. The van der Waals surface area contributed by atoms with Gasteiger partial charge in [-0.2, -0.15) is 8.78 Å². The smallest absolute Gasteiger partial charge is 0.387 e. The first kappa shape index (κ1) is 22.6. The molecule has 0 atom stereocenters. The van der Waals surface area contributed by atoms with Crippen molar-refractivity contribution in [3.05, 3.63) is 48.0 Å². The second kappa shape index (κ2) is 8.75. The molecule has 0 spiro atoms. The number of anilines is 1. The predicted octanol–water partition coefficient (Wildman–Crippen LogP) is 3.63. The molecule has 29 heavy (non-hydrogen) atoms. The topological polar surface area (TPSA) is 93.7 Å². The number of carbonyl (C=O) groups is 1. The van der Waals surface area contributed by atoms with Crippen LogP contribution in [0.4, 0.5) is 14.5 Å². The van der Waals surface area contributed by atoms with Gasteiger partial charge in [-0.3, -0.25) is 4.79 Å². The Labute approximate surface area is 168 Å². The molecule has 0 aliphatic carbocycles. The second-order valence-electron chi connectivity index (χ2n) is 7.08. The Kier molecular flexibility index (Phi) is 6.81. The molecule has 0 saturated heterocycles. The summed E-state index contributed by atoms with van der Waals surface area (Å²) in [4.78, 5) is 12.4. The number of hydrogen-bond acceptors (Lipinski definition) is 5. The van der Waals surface area contributed by atoms with Crippen molar-refractivity contribution in [2.24, 2.45) is 0 Å². The molecular weight excluding hydrogens is 406 g/mol. The Morgan fingerprint density at radius 2 is 1.66 bits per heavy atom. The third kappa shape index (κ3) is 6.40. The van der Waals surface area contributed by atoms with Gasteiger partial charge in [-0.05, 0) is 57.2 Å². The van der Waals surface area contributed by atoms with Gasteiger partial charge in [-0.15, -0.1) is 0 Å². The Morgan fingerprint density at radius 3 is 2.17 bits per heavy atom. The van der Waals surface area contributed by atoms with E-state index in [9.17, 15) is 22.0 Å². The van der Waals surface area contributed by atoms with E-state index in [1.54, 1.807) is 20.8 Å². The zero-order chi connectivity index (χ0) is 21.8. The van der Waals surface area contributed by atoms with Crippen molar-refractivity contribution in [1.29, 1.82) is 0 Å². The number of sulfonamides is 1. The maximum absolute atomic E-state index is 12.5. The van der Waals surface area contributed by atoms with Crippen LogP contribution in [0.3, 0.4) is 0 Å². The Balaban J connectivity index is 2.18. The van der Waals surface area contributed by atoms with E-state index in [-0.39, 0.29) is 27.6 Å². The van der Waals surface area contributed by atoms with Crippen molar-refractivity contribution in [3.63, 3.8) is 0 Å². The predicted molar refractivity (Wildman–Crippen MR) is 104 cm³/mol. The SMILES string of the molecule is COc1ccc(NC(=O)c2ccc(S(=O)(=O)NC(C)(C)C)cc2)cc1OC(F)F. The molecule has 2 N–H and O–H groups in total. The largest absolute Gasteiger partial charge is 0.493 e. The third-order valence-electron chi connectivity index (χ3n) is 3.50. The Bertz CT molecular complexity index is 971. The van der Waals surface area contributed by atoms with Gasteiger partial charge in [-0.1, -0.05) is 0 Å². The molecule has 0 fully saturated rings. The van der Waals surface area contributed by atoms with Crippen LogP contribution in [0, 0.1) is 0 Å². The summed E-state index contributed by atoms with van der Waals surface area (Å²) in [6.45, 7) is 2.10. The number of alkyl halides is 2. The van der Waals surface area contributed by atoms with Crippen LogP contribution in [0.25, 0.3) is 0 Å². The highest BCUT2D eigenvalue weighted by atomic mass is 32.2. The van der Waals surface area contributed by atoms with Gasteiger partial charge in [-0.25, -0.2) is 13.1 Å². The third-order valence-corrected chi connectivity index (χ3v) is 5.28. The zero-order valence-corrected chi connectivity index (χ0v) is 17.1. The lowest BCUT2D eigenvalue weighted by molar-refractivity contribution is -0.0511. The zero-order valence-electron chi connectivity index (χ0n) is 16.3. The van der Waals surface area contributed by atoms with E-state index in [4.69, 9.17) is 4.74 Å². The molecule has 2 aromatic carbocycles. The number of benzene rings is 2. The average Bonchev–Trinajstić information content (AvgIpc) is 2.59. The van der Waals surface area contributed by atoms with E-state index in [2.05, 4.69) is 14.8 Å². The standard InChI is InChI=1S/C19H22F2N2O5S/c1-19(2,3)23-29(25,26)14-8-5-12(6-9-14)17(24)22-13-7-10-15(27-4)16(11-13)28-18(20)21/h5-11,18,23H,1-4H3,(H,22,24). The molecule has 0 unspecified atom stereocenters. The van der Waals surface area contributed by atoms with Crippen LogP contribution in [0.5, 0.6) is 11.5 Å². The minimum Gasteiger partial charge on any atom is -0.493 e. The quantitative estimate of drug-likeness (QED) is 0.703. The molecule has 0 heterocycles. The van der Waals surface area contributed by atoms with Gasteiger partial charge < -0.3 is 14.8 Å². The fraction of sp³-hybridized carbons (Fsp3) is 0.316. The van der Waals surface area contributed by atoms with Crippen molar-refractivity contribution < 1.29 is 31.5 Å². The van der Waals surface area contributed by atoms with Crippen LogP contribution in [0.15, 0.2) is 47.4 Å². The summed E-state index contributed by atoms with van der Waals surface area (Å²) in [7, 11) is -2.43. The molecule has 2 rings (SSSR count). The molecule has 0 radical (unpaired) electrons. The van der Waals surface area contributed by atoms with E-state index in [0.717, 1.165) is 0 Å². The number of carbonyl (C=O) groups excluding carboxylic acids is 1. The molecule has 0 aromatic heterocycles. The van der Waals surface area contributed by atoms with E-state index < -0.39 is 28.1 Å². The van der Waals surface area contributed by atoms with Crippen molar-refractivity contribution in [3.8, 4) is 11.5 Å². The van der Waals surface area contributed by atoms with Crippen molar-refractivity contribution in [1.82, 2.24) is 4.72 Å². The van der Waals surface area contributed by atoms with Crippen molar-refractivity contribution >= 4 is 21.6 Å². The molecular formula is C19H22F2N2O5S. The van der Waals surface area contributed by atoms with Crippen LogP contribution in [0.2, 0.25) is 0 Å². The number of hydrogen-bond donors (Lipinski definition) is 2. The number of amides is 1. The van der Waals surface area contributed by atoms with Crippen LogP contribution in [0.1, 0.15) is 31.1 Å². The minimum atomic E-state index is -3.73. The molecule has 158 valence electrons. The van der Waals surface area contributed by atoms with E-state index >= 15 is 0 Å². The van der Waals surface area contributed by atoms with E-state index in [1.165, 1.54) is 49.6 Å². The van der Waals surface area contributed by atoms with Gasteiger partial charge in [0, 0.05) is 22.9 Å². The summed E-state index contributed by atoms with van der Waals surface area (Å²) in [5, 5.41) is 2.54. The lowest BCUT2D eigenvalue weighted by atomic mass is 10.1. The van der Waals surface area contributed by atoms with E-state index in [1.807, 2.05) is 0 Å². The number of nitrogens with one attached hydrogen (secondary N) is 2. The first-order valence-corrected chi connectivity index (χ1v) is 9.98. The highest BCUT2D eigenvalue weighted by Crippen LogP contribution is 2.31. The number of ether oxygens (including phenoxy) is 2. The molecule has 1 amide bonds. The molecule has 0 bridgehead atoms. The van der Waals surface area contributed by atoms with Crippen LogP contribution >= 0.6 is 0 Å². The highest BCUT2D eigenvalue weighted by molar-refractivity contribution is 7.89. The Hall–Kier alpha value is -2.72. The van der Waals surface area contributed by atoms with Gasteiger partial charge in [0.1, 0.15) is 0 Å². The fourth-order valence-electron chi connectivity index (χ4n) is 2.39. The van der Waals surface area contributed by atoms with Gasteiger partial charge in [0.25, 0.3) is 5.91 Å². The lowest BCUT2D eigenvalue weighted by Crippen LogP contribution is -2.40. The lowest BCUT2D eigenvalue weighted by Gasteiger charge is -2.20. The number of rotatable bonds is 7. The minimum absolute atomic E-state index is 0.0149. The molecule has 7 nitrogen and oxygen atoms in total. The summed E-state index contributed by atoms with van der Waals surface area (Å²) < 4.78 is 61.5. The summed E-state index contributed by atoms with van der Waals surface area (Å²) in [5.41, 5.74) is -0.259. The summed E-state index contributed by atoms with van der Waals surface area (Å²) >= 11 is 0.